The van der Waals surface area contributed by atoms with Crippen molar-refractivity contribution < 1.29 is 22.9 Å². The lowest BCUT2D eigenvalue weighted by molar-refractivity contribution is -0.145. The molecule has 2 aromatic rings. The molecule has 0 bridgehead atoms. The molecule has 26 heavy (non-hydrogen) atoms. The molecule has 0 aliphatic rings. The molecule has 0 aliphatic heterocycles. The van der Waals surface area contributed by atoms with Gasteiger partial charge in [0.25, 0.3) is 0 Å². The van der Waals surface area contributed by atoms with Gasteiger partial charge in [-0.05, 0) is 36.2 Å². The summed E-state index contributed by atoms with van der Waals surface area (Å²) in [6.07, 6.45) is 0.193. The van der Waals surface area contributed by atoms with Crippen LogP contribution in [0.25, 0.3) is 0 Å². The quantitative estimate of drug-likeness (QED) is 0.716. The molecule has 2 rings (SSSR count). The Morgan fingerprint density at radius 1 is 1.12 bits per heavy atom. The third-order valence-corrected chi connectivity index (χ3v) is 5.10. The summed E-state index contributed by atoms with van der Waals surface area (Å²) < 4.78 is 29.9. The number of carbonyl (C=O) groups excluding carboxylic acids is 2. The van der Waals surface area contributed by atoms with Gasteiger partial charge in [0.05, 0.1) is 24.3 Å². The molecule has 0 radical (unpaired) electrons. The van der Waals surface area contributed by atoms with Crippen LogP contribution in [0.2, 0.25) is 0 Å². The minimum absolute atomic E-state index is 0.00947. The molecule has 0 unspecified atom stereocenters. The van der Waals surface area contributed by atoms with Crippen LogP contribution in [0.4, 0.5) is 4.39 Å². The molecule has 0 aromatic heterocycles. The number of halogens is 1. The van der Waals surface area contributed by atoms with Crippen LogP contribution in [-0.4, -0.2) is 35.0 Å². The topological polar surface area (TPSA) is 72.5 Å². The highest BCUT2D eigenvalue weighted by molar-refractivity contribution is 7.85. The lowest BCUT2D eigenvalue weighted by atomic mass is 10.1. The van der Waals surface area contributed by atoms with Gasteiger partial charge >= 0.3 is 5.97 Å². The number of benzene rings is 2. The number of carbonyl (C=O) groups is 2. The first-order chi connectivity index (χ1) is 12.5. The molecule has 0 fully saturated rings. The third kappa shape index (κ3) is 6.07. The molecule has 7 heteroatoms. The second kappa shape index (κ2) is 9.82. The van der Waals surface area contributed by atoms with Crippen LogP contribution in [0, 0.1) is 5.82 Å². The maximum atomic E-state index is 12.9. The minimum Gasteiger partial charge on any atom is -0.467 e. The lowest BCUT2D eigenvalue weighted by Crippen LogP contribution is -2.43. The molecule has 1 amide bonds. The zero-order chi connectivity index (χ0) is 18.9. The number of rotatable bonds is 8. The number of hydrogen-bond acceptors (Lipinski definition) is 4. The summed E-state index contributed by atoms with van der Waals surface area (Å²) in [6, 6.07) is 13.6. The number of hydrogen-bond donors (Lipinski definition) is 1. The van der Waals surface area contributed by atoms with Gasteiger partial charge in [-0.15, -0.1) is 0 Å². The maximum absolute atomic E-state index is 12.9. The van der Waals surface area contributed by atoms with E-state index in [0.29, 0.717) is 10.5 Å². The first-order valence-corrected chi connectivity index (χ1v) is 9.36. The summed E-state index contributed by atoms with van der Waals surface area (Å²) in [5.41, 5.74) is 0.625. The highest BCUT2D eigenvalue weighted by Gasteiger charge is 2.22. The zero-order valence-corrected chi connectivity index (χ0v) is 15.1. The van der Waals surface area contributed by atoms with E-state index in [2.05, 4.69) is 5.32 Å². The Morgan fingerprint density at radius 2 is 1.77 bits per heavy atom. The molecule has 2 atom stereocenters. The van der Waals surface area contributed by atoms with Gasteiger partial charge in [-0.2, -0.15) is 0 Å². The van der Waals surface area contributed by atoms with E-state index in [1.807, 2.05) is 6.07 Å². The van der Waals surface area contributed by atoms with Crippen LogP contribution in [0.15, 0.2) is 59.5 Å². The Kier molecular flexibility index (Phi) is 7.47. The van der Waals surface area contributed by atoms with Crippen LogP contribution in [0.1, 0.15) is 12.0 Å². The fraction of sp³-hybridized carbons (Fsp3) is 0.263. The number of nitrogens with one attached hydrogen (secondary N) is 1. The average Bonchev–Trinajstić information content (AvgIpc) is 2.66. The van der Waals surface area contributed by atoms with Crippen LogP contribution in [0.5, 0.6) is 0 Å². The second-order valence-corrected chi connectivity index (χ2v) is 7.17. The van der Waals surface area contributed by atoms with Gasteiger partial charge in [0, 0.05) is 10.6 Å². The lowest BCUT2D eigenvalue weighted by Gasteiger charge is -2.16. The summed E-state index contributed by atoms with van der Waals surface area (Å²) >= 11 is 0. The molecular weight excluding hydrogens is 357 g/mol. The summed E-state index contributed by atoms with van der Waals surface area (Å²) in [7, 11) is -0.0469. The van der Waals surface area contributed by atoms with E-state index in [-0.39, 0.29) is 24.4 Å². The Morgan fingerprint density at radius 3 is 2.38 bits per heavy atom. The molecular formula is C19H20FNO4S. The smallest absolute Gasteiger partial charge is 0.328 e. The minimum atomic E-state index is -1.28. The van der Waals surface area contributed by atoms with Crippen molar-refractivity contribution in [2.24, 2.45) is 0 Å². The Labute approximate surface area is 154 Å². The molecule has 0 spiro atoms. The van der Waals surface area contributed by atoms with Gasteiger partial charge < -0.3 is 10.1 Å². The molecule has 0 saturated heterocycles. The summed E-state index contributed by atoms with van der Waals surface area (Å²) in [6.45, 7) is 0. The molecule has 1 N–H and O–H groups in total. The van der Waals surface area contributed by atoms with E-state index in [9.17, 15) is 18.2 Å². The SMILES string of the molecule is COC(=O)[C@H](CC[S@@](=O)c1ccccc1)NC(=O)Cc1ccc(F)cc1. The van der Waals surface area contributed by atoms with E-state index in [0.717, 1.165) is 0 Å². The molecule has 5 nitrogen and oxygen atoms in total. The monoisotopic (exact) mass is 377 g/mol. The van der Waals surface area contributed by atoms with Crippen molar-refractivity contribution in [3.05, 3.63) is 66.0 Å². The normalized spacial score (nSPS) is 12.8. The second-order valence-electron chi connectivity index (χ2n) is 5.60. The summed E-state index contributed by atoms with van der Waals surface area (Å²) in [5.74, 6) is -1.16. The van der Waals surface area contributed by atoms with E-state index in [1.165, 1.54) is 31.4 Å². The molecule has 138 valence electrons. The van der Waals surface area contributed by atoms with Gasteiger partial charge in [-0.3, -0.25) is 9.00 Å². The molecule has 2 aromatic carbocycles. The molecule has 0 aliphatic carbocycles. The van der Waals surface area contributed by atoms with Crippen LogP contribution in [-0.2, 0) is 31.5 Å². The molecule has 0 heterocycles. The van der Waals surface area contributed by atoms with E-state index in [1.54, 1.807) is 24.3 Å². The van der Waals surface area contributed by atoms with Crippen molar-refractivity contribution in [2.75, 3.05) is 12.9 Å². The number of amides is 1. The average molecular weight is 377 g/mol. The number of ether oxygens (including phenoxy) is 1. The van der Waals surface area contributed by atoms with E-state index in [4.69, 9.17) is 4.74 Å². The largest absolute Gasteiger partial charge is 0.467 e. The Bertz CT molecular complexity index is 765. The molecule has 0 saturated carbocycles. The third-order valence-electron chi connectivity index (χ3n) is 3.70. The van der Waals surface area contributed by atoms with Gasteiger partial charge in [0.15, 0.2) is 0 Å². The van der Waals surface area contributed by atoms with Crippen molar-refractivity contribution in [3.8, 4) is 0 Å². The van der Waals surface area contributed by atoms with Crippen molar-refractivity contribution in [3.63, 3.8) is 0 Å². The first kappa shape index (κ1) is 19.8. The van der Waals surface area contributed by atoms with Crippen molar-refractivity contribution in [2.45, 2.75) is 23.8 Å². The predicted molar refractivity (Wildman–Crippen MR) is 96.4 cm³/mol. The first-order valence-electron chi connectivity index (χ1n) is 8.04. The Hall–Kier alpha value is -2.54. The Balaban J connectivity index is 1.94. The standard InChI is InChI=1S/C19H20FNO4S/c1-25-19(23)17(11-12-26(24)16-5-3-2-4-6-16)21-18(22)13-14-7-9-15(20)10-8-14/h2-10,17H,11-13H2,1H3,(H,21,22)/t17-,26+/m0/s1. The van der Waals surface area contributed by atoms with Gasteiger partial charge in [0.2, 0.25) is 5.91 Å². The van der Waals surface area contributed by atoms with E-state index < -0.39 is 28.7 Å². The maximum Gasteiger partial charge on any atom is 0.328 e. The zero-order valence-electron chi connectivity index (χ0n) is 14.3. The van der Waals surface area contributed by atoms with Crippen molar-refractivity contribution >= 4 is 22.7 Å². The van der Waals surface area contributed by atoms with Crippen LogP contribution < -0.4 is 5.32 Å². The number of methoxy groups -OCH3 is 1. The van der Waals surface area contributed by atoms with Crippen molar-refractivity contribution in [1.29, 1.82) is 0 Å². The predicted octanol–water partition coefficient (Wildman–Crippen LogP) is 2.22. The van der Waals surface area contributed by atoms with Gasteiger partial charge in [-0.1, -0.05) is 30.3 Å². The highest BCUT2D eigenvalue weighted by atomic mass is 32.2. The van der Waals surface area contributed by atoms with Crippen LogP contribution in [0.3, 0.4) is 0 Å². The fourth-order valence-electron chi connectivity index (χ4n) is 2.34. The summed E-state index contributed by atoms with van der Waals surface area (Å²) in [5, 5.41) is 2.60. The van der Waals surface area contributed by atoms with Gasteiger partial charge in [-0.25, -0.2) is 9.18 Å². The highest BCUT2D eigenvalue weighted by Crippen LogP contribution is 2.09. The number of esters is 1. The van der Waals surface area contributed by atoms with Gasteiger partial charge in [0.1, 0.15) is 11.9 Å². The van der Waals surface area contributed by atoms with E-state index >= 15 is 0 Å². The van der Waals surface area contributed by atoms with Crippen LogP contribution >= 0.6 is 0 Å². The fourth-order valence-corrected chi connectivity index (χ4v) is 3.49. The van der Waals surface area contributed by atoms with Crippen molar-refractivity contribution in [1.82, 2.24) is 5.32 Å². The summed E-state index contributed by atoms with van der Waals surface area (Å²) in [4.78, 5) is 24.7.